The van der Waals surface area contributed by atoms with Gasteiger partial charge in [-0.15, -0.1) is 5.10 Å². The van der Waals surface area contributed by atoms with Crippen molar-refractivity contribution in [3.8, 4) is 0 Å². The lowest BCUT2D eigenvalue weighted by atomic mass is 9.98. The number of benzene rings is 1. The molecule has 2 unspecified atom stereocenters. The van der Waals surface area contributed by atoms with Crippen LogP contribution in [0.4, 0.5) is 16.4 Å². The van der Waals surface area contributed by atoms with E-state index in [2.05, 4.69) is 34.6 Å². The number of aromatic nitrogens is 3. The minimum absolute atomic E-state index is 0.0460. The molecule has 2 amide bonds. The topological polar surface area (TPSA) is 104 Å². The number of rotatable bonds is 5. The van der Waals surface area contributed by atoms with E-state index in [-0.39, 0.29) is 18.0 Å². The van der Waals surface area contributed by atoms with Crippen molar-refractivity contribution >= 4 is 34.9 Å². The van der Waals surface area contributed by atoms with Crippen LogP contribution in [0.15, 0.2) is 48.7 Å². The van der Waals surface area contributed by atoms with Gasteiger partial charge in [0.1, 0.15) is 0 Å². The number of nitrogens with zero attached hydrogens (tertiary/aromatic N) is 5. The van der Waals surface area contributed by atoms with E-state index in [1.54, 1.807) is 9.42 Å². The lowest BCUT2D eigenvalue weighted by Crippen LogP contribution is -2.47. The number of likely N-dealkylation sites (tertiary alicyclic amines) is 1. The van der Waals surface area contributed by atoms with Crippen molar-refractivity contribution in [1.29, 1.82) is 0 Å². The van der Waals surface area contributed by atoms with Gasteiger partial charge in [0.25, 0.3) is 5.91 Å². The molecule has 2 N–H and O–H groups in total. The van der Waals surface area contributed by atoms with Gasteiger partial charge in [0.15, 0.2) is 5.65 Å². The van der Waals surface area contributed by atoms with Crippen LogP contribution in [-0.4, -0.2) is 82.3 Å². The summed E-state index contributed by atoms with van der Waals surface area (Å²) in [6.07, 6.45) is 6.22. The van der Waals surface area contributed by atoms with Gasteiger partial charge in [-0.3, -0.25) is 4.79 Å². The average molecular weight is 504 g/mol. The Hall–Kier alpha value is -3.92. The van der Waals surface area contributed by atoms with Crippen LogP contribution in [-0.2, 0) is 4.74 Å². The maximum Gasteiger partial charge on any atom is 0.409 e. The van der Waals surface area contributed by atoms with Crippen LogP contribution in [0, 0.1) is 0 Å². The second-order valence-corrected chi connectivity index (χ2v) is 9.75. The summed E-state index contributed by atoms with van der Waals surface area (Å²) in [5.74, 6) is 0.424. The number of carbonyl (C=O) groups is 2. The molecular weight excluding hydrogens is 470 g/mol. The highest BCUT2D eigenvalue weighted by molar-refractivity contribution is 5.94. The van der Waals surface area contributed by atoms with Gasteiger partial charge in [0.05, 0.1) is 7.11 Å². The van der Waals surface area contributed by atoms with Gasteiger partial charge in [-0.2, -0.15) is 4.98 Å². The van der Waals surface area contributed by atoms with Crippen LogP contribution >= 0.6 is 0 Å². The minimum Gasteiger partial charge on any atom is -0.453 e. The van der Waals surface area contributed by atoms with E-state index in [1.165, 1.54) is 7.11 Å². The van der Waals surface area contributed by atoms with Crippen LogP contribution in [0.1, 0.15) is 42.1 Å². The summed E-state index contributed by atoms with van der Waals surface area (Å²) < 4.78 is 6.57. The smallest absolute Gasteiger partial charge is 0.409 e. The molecule has 0 aliphatic carbocycles. The molecule has 1 saturated heterocycles. The zero-order valence-corrected chi connectivity index (χ0v) is 21.5. The maximum atomic E-state index is 12.7. The largest absolute Gasteiger partial charge is 0.453 e. The van der Waals surface area contributed by atoms with E-state index in [1.807, 2.05) is 48.7 Å². The Morgan fingerprint density at radius 3 is 2.65 bits per heavy atom. The number of hydrogen-bond acceptors (Lipinski definition) is 7. The predicted octanol–water partition coefficient (Wildman–Crippen LogP) is 3.54. The summed E-state index contributed by atoms with van der Waals surface area (Å²) in [6, 6.07) is 12.0. The summed E-state index contributed by atoms with van der Waals surface area (Å²) in [4.78, 5) is 33.2. The number of pyridine rings is 1. The highest BCUT2D eigenvalue weighted by Crippen LogP contribution is 2.27. The number of fused-ring (bicyclic) bond motifs is 1. The van der Waals surface area contributed by atoms with Gasteiger partial charge in [0.2, 0.25) is 5.95 Å². The van der Waals surface area contributed by atoms with E-state index >= 15 is 0 Å². The first-order chi connectivity index (χ1) is 17.9. The van der Waals surface area contributed by atoms with E-state index in [0.717, 1.165) is 41.9 Å². The molecule has 1 fully saturated rings. The van der Waals surface area contributed by atoms with Gasteiger partial charge in [-0.1, -0.05) is 6.08 Å². The highest BCUT2D eigenvalue weighted by Gasteiger charge is 2.24. The lowest BCUT2D eigenvalue weighted by Gasteiger charge is -2.35. The van der Waals surface area contributed by atoms with E-state index in [4.69, 9.17) is 9.72 Å². The molecule has 0 saturated carbocycles. The van der Waals surface area contributed by atoms with Crippen LogP contribution in [0.3, 0.4) is 0 Å². The zero-order valence-electron chi connectivity index (χ0n) is 21.5. The second-order valence-electron chi connectivity index (χ2n) is 9.75. The van der Waals surface area contributed by atoms with Crippen molar-refractivity contribution in [3.63, 3.8) is 0 Å². The Morgan fingerprint density at radius 2 is 1.95 bits per heavy atom. The fraction of sp³-hybridized carbons (Fsp3) is 0.407. The molecule has 2 atom stereocenters. The Bertz CT molecular complexity index is 1320. The SMILES string of the molecule is COC(=O)N1CC=C(c2cccn3nc(Nc4ccc(C(=O)NC5CCN(C)C(C)C5)cc4)nc23)CC1. The third-order valence-electron chi connectivity index (χ3n) is 7.30. The van der Waals surface area contributed by atoms with Crippen molar-refractivity contribution in [3.05, 3.63) is 59.8 Å². The number of anilines is 2. The minimum atomic E-state index is -0.317. The maximum absolute atomic E-state index is 12.7. The Balaban J connectivity index is 1.25. The van der Waals surface area contributed by atoms with Gasteiger partial charge in [-0.05, 0) is 75.2 Å². The summed E-state index contributed by atoms with van der Waals surface area (Å²) in [6.45, 7) is 4.28. The normalized spacial score (nSPS) is 20.4. The van der Waals surface area contributed by atoms with Crippen LogP contribution in [0.2, 0.25) is 0 Å². The Kier molecular flexibility index (Phi) is 7.09. The van der Waals surface area contributed by atoms with E-state index in [0.29, 0.717) is 37.1 Å². The molecule has 0 radical (unpaired) electrons. The standard InChI is InChI=1S/C27H33N7O3/c1-18-17-22(12-14-32(18)2)28-25(35)20-6-8-21(9-7-20)29-26-30-24-23(5-4-13-34(24)31-26)19-10-15-33(16-11-19)27(36)37-3/h4-10,13,18,22H,11-12,14-17H2,1-3H3,(H,28,35)(H,29,31). The molecule has 2 aliphatic heterocycles. The molecule has 0 spiro atoms. The third kappa shape index (κ3) is 5.43. The molecule has 3 aromatic rings. The van der Waals surface area contributed by atoms with E-state index < -0.39 is 0 Å². The van der Waals surface area contributed by atoms with Crippen molar-refractivity contribution in [2.45, 2.75) is 38.3 Å². The molecule has 2 aliphatic rings. The number of nitrogens with one attached hydrogen (secondary N) is 2. The molecular formula is C27H33N7O3. The molecule has 37 heavy (non-hydrogen) atoms. The first-order valence-electron chi connectivity index (χ1n) is 12.7. The molecule has 194 valence electrons. The van der Waals surface area contributed by atoms with Crippen LogP contribution < -0.4 is 10.6 Å². The zero-order chi connectivity index (χ0) is 25.9. The quantitative estimate of drug-likeness (QED) is 0.549. The summed E-state index contributed by atoms with van der Waals surface area (Å²) in [5, 5.41) is 11.0. The first-order valence-corrected chi connectivity index (χ1v) is 12.7. The average Bonchev–Trinajstić information content (AvgIpc) is 3.33. The number of ether oxygens (including phenoxy) is 1. The van der Waals surface area contributed by atoms with Gasteiger partial charge < -0.3 is 25.2 Å². The third-order valence-corrected chi connectivity index (χ3v) is 7.30. The van der Waals surface area contributed by atoms with E-state index in [9.17, 15) is 9.59 Å². The molecule has 4 heterocycles. The molecule has 2 aromatic heterocycles. The first kappa shape index (κ1) is 24.8. The van der Waals surface area contributed by atoms with Crippen LogP contribution in [0.25, 0.3) is 11.2 Å². The number of hydrogen-bond donors (Lipinski definition) is 2. The van der Waals surface area contributed by atoms with Crippen molar-refractivity contribution < 1.29 is 14.3 Å². The Labute approximate surface area is 216 Å². The molecule has 0 bridgehead atoms. The van der Waals surface area contributed by atoms with Crippen molar-refractivity contribution in [1.82, 2.24) is 29.7 Å². The molecule has 10 heteroatoms. The predicted molar refractivity (Wildman–Crippen MR) is 142 cm³/mol. The lowest BCUT2D eigenvalue weighted by molar-refractivity contribution is 0.0896. The van der Waals surface area contributed by atoms with Crippen molar-refractivity contribution in [2.24, 2.45) is 0 Å². The Morgan fingerprint density at radius 1 is 1.14 bits per heavy atom. The summed E-state index contributed by atoms with van der Waals surface area (Å²) in [5.41, 5.74) is 4.29. The number of amides is 2. The second kappa shape index (κ2) is 10.6. The van der Waals surface area contributed by atoms with Gasteiger partial charge >= 0.3 is 6.09 Å². The molecule has 1 aromatic carbocycles. The summed E-state index contributed by atoms with van der Waals surface area (Å²) >= 11 is 0. The number of carbonyl (C=O) groups excluding carboxylic acids is 2. The van der Waals surface area contributed by atoms with Crippen molar-refractivity contribution in [2.75, 3.05) is 39.1 Å². The molecule has 10 nitrogen and oxygen atoms in total. The summed E-state index contributed by atoms with van der Waals surface area (Å²) in [7, 11) is 3.52. The monoisotopic (exact) mass is 503 g/mol. The number of methoxy groups -OCH3 is 1. The van der Waals surface area contributed by atoms with Crippen LogP contribution in [0.5, 0.6) is 0 Å². The fourth-order valence-corrected chi connectivity index (χ4v) is 4.94. The fourth-order valence-electron chi connectivity index (χ4n) is 4.94. The van der Waals surface area contributed by atoms with Gasteiger partial charge in [0, 0.05) is 54.7 Å². The van der Waals surface area contributed by atoms with Gasteiger partial charge in [-0.25, -0.2) is 9.31 Å². The number of piperidine rings is 1. The highest BCUT2D eigenvalue weighted by atomic mass is 16.5. The molecule has 5 rings (SSSR count).